The van der Waals surface area contributed by atoms with Crippen LogP contribution >= 0.6 is 0 Å². The first kappa shape index (κ1) is 21.5. The Morgan fingerprint density at radius 2 is 2.03 bits per heavy atom. The van der Waals surface area contributed by atoms with E-state index in [2.05, 4.69) is 20.4 Å². The monoisotopic (exact) mass is 440 g/mol. The molecule has 0 spiro atoms. The molecular weight excluding hydrogens is 412 g/mol. The Labute approximate surface area is 183 Å². The van der Waals surface area contributed by atoms with Crippen molar-refractivity contribution in [2.24, 2.45) is 0 Å². The van der Waals surface area contributed by atoms with E-state index in [1.165, 1.54) is 0 Å². The van der Waals surface area contributed by atoms with Crippen LogP contribution in [0.3, 0.4) is 0 Å². The summed E-state index contributed by atoms with van der Waals surface area (Å²) in [7, 11) is -3.64. The van der Waals surface area contributed by atoms with Crippen LogP contribution in [0.5, 0.6) is 0 Å². The fourth-order valence-electron chi connectivity index (χ4n) is 3.98. The van der Waals surface area contributed by atoms with Gasteiger partial charge in [-0.3, -0.25) is 9.67 Å². The lowest BCUT2D eigenvalue weighted by molar-refractivity contribution is 0.390. The first-order chi connectivity index (χ1) is 14.9. The molecule has 1 aliphatic heterocycles. The highest BCUT2D eigenvalue weighted by Crippen LogP contribution is 2.36. The van der Waals surface area contributed by atoms with Gasteiger partial charge in [-0.25, -0.2) is 13.4 Å². The maximum Gasteiger partial charge on any atom is 0.247 e. The summed E-state index contributed by atoms with van der Waals surface area (Å²) in [6, 6.07) is 9.32. The van der Waals surface area contributed by atoms with Gasteiger partial charge in [0.1, 0.15) is 10.7 Å². The van der Waals surface area contributed by atoms with Gasteiger partial charge in [0.25, 0.3) is 0 Å². The average molecular weight is 441 g/mol. The maximum atomic E-state index is 13.4. The Bertz CT molecular complexity index is 1160. The van der Waals surface area contributed by atoms with Crippen molar-refractivity contribution in [1.29, 1.82) is 0 Å². The molecule has 0 aromatic carbocycles. The fraction of sp³-hybridized carbons (Fsp3) is 0.409. The Kier molecular flexibility index (Phi) is 6.06. The SMILES string of the molecule is CCCn1cc(S(=O)(=O)N2CCC[C@H]2c2ccc(Nc3cccc(C)n3)cn2)c(C)n1. The van der Waals surface area contributed by atoms with Gasteiger partial charge in [-0.2, -0.15) is 9.40 Å². The zero-order valence-electron chi connectivity index (χ0n) is 18.1. The molecule has 164 valence electrons. The van der Waals surface area contributed by atoms with E-state index in [0.29, 0.717) is 18.8 Å². The minimum atomic E-state index is -3.64. The van der Waals surface area contributed by atoms with Crippen LogP contribution in [-0.2, 0) is 16.6 Å². The van der Waals surface area contributed by atoms with E-state index >= 15 is 0 Å². The van der Waals surface area contributed by atoms with Crippen molar-refractivity contribution in [3.63, 3.8) is 0 Å². The number of sulfonamides is 1. The quantitative estimate of drug-likeness (QED) is 0.598. The van der Waals surface area contributed by atoms with E-state index in [1.54, 1.807) is 28.3 Å². The number of aryl methyl sites for hydroxylation is 3. The number of nitrogens with one attached hydrogen (secondary N) is 1. The van der Waals surface area contributed by atoms with Gasteiger partial charge < -0.3 is 5.32 Å². The smallest absolute Gasteiger partial charge is 0.247 e. The van der Waals surface area contributed by atoms with Crippen molar-refractivity contribution in [2.75, 3.05) is 11.9 Å². The largest absolute Gasteiger partial charge is 0.339 e. The Balaban J connectivity index is 1.55. The highest BCUT2D eigenvalue weighted by atomic mass is 32.2. The molecule has 0 unspecified atom stereocenters. The second-order valence-corrected chi connectivity index (χ2v) is 9.74. The van der Waals surface area contributed by atoms with Crippen LogP contribution < -0.4 is 5.32 Å². The lowest BCUT2D eigenvalue weighted by atomic mass is 10.1. The van der Waals surface area contributed by atoms with Gasteiger partial charge in [-0.15, -0.1) is 0 Å². The minimum absolute atomic E-state index is 0.273. The molecule has 1 fully saturated rings. The van der Waals surface area contributed by atoms with Crippen LogP contribution in [0.15, 0.2) is 47.6 Å². The van der Waals surface area contributed by atoms with Gasteiger partial charge in [0.15, 0.2) is 0 Å². The summed E-state index contributed by atoms with van der Waals surface area (Å²) < 4.78 is 30.1. The zero-order valence-corrected chi connectivity index (χ0v) is 18.9. The van der Waals surface area contributed by atoms with Gasteiger partial charge in [0.2, 0.25) is 10.0 Å². The zero-order chi connectivity index (χ0) is 22.0. The van der Waals surface area contributed by atoms with Gasteiger partial charge >= 0.3 is 0 Å². The van der Waals surface area contributed by atoms with E-state index in [9.17, 15) is 8.42 Å². The van der Waals surface area contributed by atoms with Crippen LogP contribution in [0.25, 0.3) is 0 Å². The molecule has 1 atom stereocenters. The van der Waals surface area contributed by atoms with Gasteiger partial charge in [0.05, 0.1) is 29.3 Å². The molecule has 4 heterocycles. The molecule has 0 bridgehead atoms. The standard InChI is InChI=1S/C22H28N6O2S/c1-4-12-27-15-21(17(3)26-27)31(29,30)28-13-6-8-20(28)19-11-10-18(14-23-19)25-22-9-5-7-16(2)24-22/h5,7,9-11,14-15,20H,4,6,8,12-13H2,1-3H3,(H,24,25)/t20-/m0/s1. The summed E-state index contributed by atoms with van der Waals surface area (Å²) in [4.78, 5) is 9.30. The number of pyridine rings is 2. The van der Waals surface area contributed by atoms with Gasteiger partial charge in [-0.05, 0) is 57.4 Å². The number of rotatable bonds is 7. The molecule has 0 saturated carbocycles. The van der Waals surface area contributed by atoms with E-state index in [0.717, 1.165) is 42.2 Å². The van der Waals surface area contributed by atoms with Crippen molar-refractivity contribution in [3.8, 4) is 0 Å². The molecule has 1 N–H and O–H groups in total. The summed E-state index contributed by atoms with van der Waals surface area (Å²) in [5.41, 5.74) is 3.03. The van der Waals surface area contributed by atoms with E-state index < -0.39 is 10.0 Å². The maximum absolute atomic E-state index is 13.4. The van der Waals surface area contributed by atoms with E-state index in [1.807, 2.05) is 44.2 Å². The van der Waals surface area contributed by atoms with Crippen LogP contribution in [0, 0.1) is 13.8 Å². The van der Waals surface area contributed by atoms with Crippen molar-refractivity contribution >= 4 is 21.5 Å². The Morgan fingerprint density at radius 3 is 2.74 bits per heavy atom. The van der Waals surface area contributed by atoms with Crippen molar-refractivity contribution in [3.05, 3.63) is 59.8 Å². The molecule has 1 saturated heterocycles. The van der Waals surface area contributed by atoms with E-state index in [4.69, 9.17) is 0 Å². The van der Waals surface area contributed by atoms with Crippen LogP contribution in [0.1, 0.15) is 49.3 Å². The normalized spacial score (nSPS) is 17.2. The molecular formula is C22H28N6O2S. The van der Waals surface area contributed by atoms with Gasteiger partial charge in [-0.1, -0.05) is 13.0 Å². The predicted molar refractivity (Wildman–Crippen MR) is 120 cm³/mol. The number of hydrogen-bond acceptors (Lipinski definition) is 6. The predicted octanol–water partition coefficient (Wildman–Crippen LogP) is 3.97. The Morgan fingerprint density at radius 1 is 1.19 bits per heavy atom. The number of aromatic nitrogens is 4. The lowest BCUT2D eigenvalue weighted by Gasteiger charge is -2.23. The summed E-state index contributed by atoms with van der Waals surface area (Å²) in [6.07, 6.45) is 5.84. The molecule has 8 nitrogen and oxygen atoms in total. The minimum Gasteiger partial charge on any atom is -0.339 e. The fourth-order valence-corrected chi connectivity index (χ4v) is 5.82. The second-order valence-electron chi connectivity index (χ2n) is 7.88. The molecule has 3 aromatic rings. The first-order valence-corrected chi connectivity index (χ1v) is 12.0. The lowest BCUT2D eigenvalue weighted by Crippen LogP contribution is -2.31. The number of hydrogen-bond donors (Lipinski definition) is 1. The average Bonchev–Trinajstić information content (AvgIpc) is 3.37. The number of nitrogens with zero attached hydrogens (tertiary/aromatic N) is 5. The molecule has 31 heavy (non-hydrogen) atoms. The van der Waals surface area contributed by atoms with Crippen LogP contribution in [0.2, 0.25) is 0 Å². The molecule has 0 aliphatic carbocycles. The van der Waals surface area contributed by atoms with Crippen LogP contribution in [0.4, 0.5) is 11.5 Å². The molecule has 0 amide bonds. The highest BCUT2D eigenvalue weighted by molar-refractivity contribution is 7.89. The third-order valence-corrected chi connectivity index (χ3v) is 7.44. The van der Waals surface area contributed by atoms with Crippen molar-refractivity contribution in [1.82, 2.24) is 24.1 Å². The van der Waals surface area contributed by atoms with Crippen molar-refractivity contribution in [2.45, 2.75) is 57.5 Å². The highest BCUT2D eigenvalue weighted by Gasteiger charge is 2.38. The topological polar surface area (TPSA) is 93.0 Å². The molecule has 4 rings (SSSR count). The molecule has 1 aliphatic rings. The second kappa shape index (κ2) is 8.76. The van der Waals surface area contributed by atoms with Crippen LogP contribution in [-0.4, -0.2) is 39.0 Å². The molecule has 9 heteroatoms. The Hall–Kier alpha value is -2.78. The summed E-state index contributed by atoms with van der Waals surface area (Å²) in [6.45, 7) is 6.92. The summed E-state index contributed by atoms with van der Waals surface area (Å²) >= 11 is 0. The molecule has 3 aromatic heterocycles. The third kappa shape index (κ3) is 4.47. The van der Waals surface area contributed by atoms with E-state index in [-0.39, 0.29) is 10.9 Å². The molecule has 0 radical (unpaired) electrons. The summed E-state index contributed by atoms with van der Waals surface area (Å²) in [5, 5.41) is 7.61. The third-order valence-electron chi connectivity index (χ3n) is 5.43. The number of anilines is 2. The first-order valence-electron chi connectivity index (χ1n) is 10.6. The van der Waals surface area contributed by atoms with Crippen molar-refractivity contribution < 1.29 is 8.42 Å². The van der Waals surface area contributed by atoms with Gasteiger partial charge in [0, 0.05) is 25.0 Å². The summed E-state index contributed by atoms with van der Waals surface area (Å²) in [5.74, 6) is 0.749.